The van der Waals surface area contributed by atoms with E-state index < -0.39 is 0 Å². The van der Waals surface area contributed by atoms with Crippen LogP contribution in [0.4, 0.5) is 5.69 Å². The number of hydrogen-bond donors (Lipinski definition) is 1. The fourth-order valence-electron chi connectivity index (χ4n) is 4.33. The van der Waals surface area contributed by atoms with E-state index in [1.54, 1.807) is 0 Å². The van der Waals surface area contributed by atoms with Crippen molar-refractivity contribution in [3.8, 4) is 0 Å². The molecule has 0 aromatic heterocycles. The quantitative estimate of drug-likeness (QED) is 0.806. The summed E-state index contributed by atoms with van der Waals surface area (Å²) in [5, 5.41) is 3.42. The van der Waals surface area contributed by atoms with Gasteiger partial charge >= 0.3 is 0 Å². The average molecular weight is 273 g/mol. The molecule has 1 N–H and O–H groups in total. The van der Waals surface area contributed by atoms with Crippen LogP contribution < -0.4 is 5.32 Å². The fraction of sp³-hybridized carbons (Fsp3) is 0.667. The van der Waals surface area contributed by atoms with E-state index in [-0.39, 0.29) is 0 Å². The smallest absolute Gasteiger partial charge is 0.0643 e. The molecule has 2 heteroatoms. The zero-order valence-electron chi connectivity index (χ0n) is 13.0. The fourth-order valence-corrected chi connectivity index (χ4v) is 4.33. The van der Waals surface area contributed by atoms with Gasteiger partial charge in [0, 0.05) is 12.2 Å². The molecule has 0 aliphatic heterocycles. The first-order valence-electron chi connectivity index (χ1n) is 7.94. The first-order chi connectivity index (χ1) is 9.54. The molecule has 0 radical (unpaired) electrons. The third-order valence-electron chi connectivity index (χ3n) is 6.24. The molecule has 1 aromatic carbocycles. The van der Waals surface area contributed by atoms with Gasteiger partial charge < -0.3 is 10.1 Å². The number of benzene rings is 1. The molecule has 0 unspecified atom stereocenters. The molecule has 0 heterocycles. The van der Waals surface area contributed by atoms with E-state index in [0.29, 0.717) is 16.9 Å². The summed E-state index contributed by atoms with van der Waals surface area (Å²) in [5.41, 5.74) is 2.00. The second kappa shape index (κ2) is 5.07. The van der Waals surface area contributed by atoms with Crippen LogP contribution in [0.2, 0.25) is 0 Å². The second-order valence-corrected chi connectivity index (χ2v) is 7.26. The highest BCUT2D eigenvalue weighted by molar-refractivity contribution is 5.42. The molecule has 3 rings (SSSR count). The number of nitrogens with one attached hydrogen (secondary N) is 1. The Kier molecular flexibility index (Phi) is 3.53. The Morgan fingerprint density at radius 2 is 1.95 bits per heavy atom. The van der Waals surface area contributed by atoms with Crippen molar-refractivity contribution < 1.29 is 4.74 Å². The van der Waals surface area contributed by atoms with Crippen LogP contribution in [0.3, 0.4) is 0 Å². The summed E-state index contributed by atoms with van der Waals surface area (Å²) in [6.45, 7) is 9.02. The van der Waals surface area contributed by atoms with Gasteiger partial charge in [-0.15, -0.1) is 0 Å². The van der Waals surface area contributed by atoms with E-state index in [9.17, 15) is 0 Å². The Labute approximate surface area is 122 Å². The maximum atomic E-state index is 6.23. The SMILES string of the molecule is CC1(C)[C@H]2CC[C@@]1(C)[C@@H](OCCNc1ccccc1)C2. The number of para-hydroxylation sites is 1. The maximum absolute atomic E-state index is 6.23. The molecule has 2 saturated carbocycles. The summed E-state index contributed by atoms with van der Waals surface area (Å²) in [6, 6.07) is 10.4. The van der Waals surface area contributed by atoms with E-state index in [2.05, 4.69) is 50.4 Å². The minimum absolute atomic E-state index is 0.379. The molecule has 1 aromatic rings. The van der Waals surface area contributed by atoms with E-state index >= 15 is 0 Å². The van der Waals surface area contributed by atoms with Crippen LogP contribution in [0.15, 0.2) is 30.3 Å². The van der Waals surface area contributed by atoms with Gasteiger partial charge in [0.1, 0.15) is 0 Å². The van der Waals surface area contributed by atoms with E-state index in [4.69, 9.17) is 4.74 Å². The molecule has 2 aliphatic carbocycles. The highest BCUT2D eigenvalue weighted by Gasteiger charge is 2.61. The lowest BCUT2D eigenvalue weighted by Crippen LogP contribution is -2.37. The summed E-state index contributed by atoms with van der Waals surface area (Å²) >= 11 is 0. The Morgan fingerprint density at radius 1 is 1.20 bits per heavy atom. The zero-order chi connectivity index (χ0) is 14.2. The molecule has 20 heavy (non-hydrogen) atoms. The molecule has 2 bridgehead atoms. The van der Waals surface area contributed by atoms with E-state index in [1.807, 2.05) is 6.07 Å². The first kappa shape index (κ1) is 13.9. The van der Waals surface area contributed by atoms with Crippen LogP contribution in [-0.2, 0) is 4.74 Å². The normalized spacial score (nSPS) is 34.4. The van der Waals surface area contributed by atoms with Gasteiger partial charge in [0.15, 0.2) is 0 Å². The molecule has 2 fully saturated rings. The number of fused-ring (bicyclic) bond motifs is 2. The Bertz CT molecular complexity index is 456. The van der Waals surface area contributed by atoms with Gasteiger partial charge in [-0.1, -0.05) is 39.0 Å². The average Bonchev–Trinajstić information content (AvgIpc) is 2.78. The molecular weight excluding hydrogens is 246 g/mol. The highest BCUT2D eigenvalue weighted by atomic mass is 16.5. The van der Waals surface area contributed by atoms with Crippen LogP contribution in [0, 0.1) is 16.7 Å². The monoisotopic (exact) mass is 273 g/mol. The second-order valence-electron chi connectivity index (χ2n) is 7.26. The van der Waals surface area contributed by atoms with Gasteiger partial charge in [-0.25, -0.2) is 0 Å². The van der Waals surface area contributed by atoms with Crippen LogP contribution in [0.1, 0.15) is 40.0 Å². The Balaban J connectivity index is 1.49. The van der Waals surface area contributed by atoms with Crippen molar-refractivity contribution >= 4 is 5.69 Å². The van der Waals surface area contributed by atoms with Crippen LogP contribution >= 0.6 is 0 Å². The molecule has 0 saturated heterocycles. The largest absolute Gasteiger partial charge is 0.383 e. The van der Waals surface area contributed by atoms with Crippen molar-refractivity contribution in [3.05, 3.63) is 30.3 Å². The summed E-state index contributed by atoms with van der Waals surface area (Å²) in [7, 11) is 0. The zero-order valence-corrected chi connectivity index (χ0v) is 13.0. The van der Waals surface area contributed by atoms with Gasteiger partial charge in [0.2, 0.25) is 0 Å². The minimum atomic E-state index is 0.379. The summed E-state index contributed by atoms with van der Waals surface area (Å²) in [4.78, 5) is 0. The van der Waals surface area contributed by atoms with Crippen molar-refractivity contribution in [2.24, 2.45) is 16.7 Å². The summed E-state index contributed by atoms with van der Waals surface area (Å²) < 4.78 is 6.23. The first-order valence-corrected chi connectivity index (χ1v) is 7.94. The number of hydrogen-bond acceptors (Lipinski definition) is 2. The van der Waals surface area contributed by atoms with Crippen molar-refractivity contribution in [3.63, 3.8) is 0 Å². The van der Waals surface area contributed by atoms with Crippen LogP contribution in [-0.4, -0.2) is 19.3 Å². The summed E-state index contributed by atoms with van der Waals surface area (Å²) in [5.74, 6) is 0.861. The number of rotatable bonds is 5. The molecule has 3 atom stereocenters. The lowest BCUT2D eigenvalue weighted by molar-refractivity contribution is -0.0425. The topological polar surface area (TPSA) is 21.3 Å². The molecule has 0 spiro atoms. The van der Waals surface area contributed by atoms with Crippen molar-refractivity contribution in [2.45, 2.75) is 46.1 Å². The molecular formula is C18H27NO. The third kappa shape index (κ3) is 2.14. The number of ether oxygens (including phenoxy) is 1. The molecule has 110 valence electrons. The van der Waals surface area contributed by atoms with E-state index in [0.717, 1.165) is 19.1 Å². The molecule has 0 amide bonds. The van der Waals surface area contributed by atoms with Gasteiger partial charge in [-0.05, 0) is 48.1 Å². The van der Waals surface area contributed by atoms with Gasteiger partial charge in [-0.2, -0.15) is 0 Å². The van der Waals surface area contributed by atoms with Gasteiger partial charge in [-0.3, -0.25) is 0 Å². The van der Waals surface area contributed by atoms with Crippen LogP contribution in [0.5, 0.6) is 0 Å². The van der Waals surface area contributed by atoms with Crippen LogP contribution in [0.25, 0.3) is 0 Å². The van der Waals surface area contributed by atoms with Crippen molar-refractivity contribution in [1.29, 1.82) is 0 Å². The van der Waals surface area contributed by atoms with Gasteiger partial charge in [0.05, 0.1) is 12.7 Å². The third-order valence-corrected chi connectivity index (χ3v) is 6.24. The van der Waals surface area contributed by atoms with Gasteiger partial charge in [0.25, 0.3) is 0 Å². The molecule has 2 aliphatic rings. The predicted molar refractivity (Wildman–Crippen MR) is 83.9 cm³/mol. The lowest BCUT2D eigenvalue weighted by atomic mass is 9.70. The predicted octanol–water partition coefficient (Wildman–Crippen LogP) is 4.33. The summed E-state index contributed by atoms with van der Waals surface area (Å²) in [6.07, 6.45) is 4.44. The standard InChI is InChI=1S/C18H27NO/c1-17(2)14-9-10-18(17,3)16(13-14)20-12-11-19-15-7-5-4-6-8-15/h4-8,14,16,19H,9-13H2,1-3H3/t14-,16-,18-/m0/s1. The maximum Gasteiger partial charge on any atom is 0.0643 e. The van der Waals surface area contributed by atoms with Crippen molar-refractivity contribution in [2.75, 3.05) is 18.5 Å². The van der Waals surface area contributed by atoms with Crippen molar-refractivity contribution in [1.82, 2.24) is 0 Å². The lowest BCUT2D eigenvalue weighted by Gasteiger charge is -2.39. The highest BCUT2D eigenvalue weighted by Crippen LogP contribution is 2.66. The molecule has 2 nitrogen and oxygen atoms in total. The minimum Gasteiger partial charge on any atom is -0.383 e. The number of anilines is 1. The Hall–Kier alpha value is -1.02. The van der Waals surface area contributed by atoms with E-state index in [1.165, 1.54) is 24.9 Å². The Morgan fingerprint density at radius 3 is 2.55 bits per heavy atom.